The minimum absolute atomic E-state index is 0.196. The van der Waals surface area contributed by atoms with E-state index >= 15 is 0 Å². The Morgan fingerprint density at radius 2 is 1.94 bits per heavy atom. The first kappa shape index (κ1) is 10.9. The molecule has 1 aromatic rings. The van der Waals surface area contributed by atoms with Crippen molar-refractivity contribution in [2.75, 3.05) is 0 Å². The van der Waals surface area contributed by atoms with E-state index in [1.165, 1.54) is 12.1 Å². The molecule has 0 radical (unpaired) electrons. The van der Waals surface area contributed by atoms with Gasteiger partial charge in [-0.25, -0.2) is 4.39 Å². The van der Waals surface area contributed by atoms with Gasteiger partial charge in [0.25, 0.3) is 0 Å². The number of hydrogen-bond acceptors (Lipinski definition) is 2. The third-order valence-corrected chi connectivity index (χ3v) is 2.59. The molecule has 3 heteroatoms. The fourth-order valence-electron chi connectivity index (χ4n) is 1.59. The molecule has 2 rings (SSSR count). The molecule has 2 nitrogen and oxygen atoms in total. The smallest absolute Gasteiger partial charge is 0.132 e. The Morgan fingerprint density at radius 1 is 1.25 bits per heavy atom. The number of benzene rings is 1. The Bertz CT molecular complexity index is 418. The molecule has 0 saturated heterocycles. The van der Waals surface area contributed by atoms with Crippen LogP contribution < -0.4 is 5.32 Å². The Labute approximate surface area is 94.9 Å². The maximum Gasteiger partial charge on any atom is 0.132 e. The number of amidine groups is 1. The zero-order valence-corrected chi connectivity index (χ0v) is 9.44. The van der Waals surface area contributed by atoms with Crippen molar-refractivity contribution in [3.8, 4) is 0 Å². The lowest BCUT2D eigenvalue weighted by molar-refractivity contribution is 0.566. The van der Waals surface area contributed by atoms with Crippen molar-refractivity contribution in [1.82, 2.24) is 5.32 Å². The van der Waals surface area contributed by atoms with Gasteiger partial charge in [-0.05, 0) is 36.3 Å². The highest BCUT2D eigenvalue weighted by Crippen LogP contribution is 2.13. The quantitative estimate of drug-likeness (QED) is 0.811. The average Bonchev–Trinajstić information content (AvgIpc) is 2.30. The minimum atomic E-state index is -0.226. The molecule has 0 fully saturated rings. The second kappa shape index (κ2) is 4.47. The summed E-state index contributed by atoms with van der Waals surface area (Å²) in [6, 6.07) is 6.56. The van der Waals surface area contributed by atoms with Gasteiger partial charge in [-0.1, -0.05) is 13.8 Å². The maximum absolute atomic E-state index is 12.8. The highest BCUT2D eigenvalue weighted by Gasteiger charge is 2.14. The van der Waals surface area contributed by atoms with Crippen LogP contribution in [0.1, 0.15) is 19.4 Å². The molecule has 1 heterocycles. The third-order valence-electron chi connectivity index (χ3n) is 2.59. The van der Waals surface area contributed by atoms with Gasteiger partial charge < -0.3 is 5.32 Å². The summed E-state index contributed by atoms with van der Waals surface area (Å²) >= 11 is 0. The molecule has 16 heavy (non-hydrogen) atoms. The molecule has 1 aliphatic rings. The lowest BCUT2D eigenvalue weighted by Gasteiger charge is -2.19. The summed E-state index contributed by atoms with van der Waals surface area (Å²) in [4.78, 5) is 4.58. The lowest BCUT2D eigenvalue weighted by atomic mass is 10.0. The molecular formula is C13H15FN2. The van der Waals surface area contributed by atoms with Crippen LogP contribution in [0.3, 0.4) is 0 Å². The van der Waals surface area contributed by atoms with Gasteiger partial charge in [0.05, 0.1) is 6.04 Å². The first-order chi connectivity index (χ1) is 7.66. The molecular weight excluding hydrogens is 203 g/mol. The summed E-state index contributed by atoms with van der Waals surface area (Å²) in [6.07, 6.45) is 3.94. The summed E-state index contributed by atoms with van der Waals surface area (Å²) in [6.45, 7) is 4.26. The number of hydrogen-bond donors (Lipinski definition) is 1. The molecule has 84 valence electrons. The fraction of sp³-hybridized carbons (Fsp3) is 0.308. The van der Waals surface area contributed by atoms with Gasteiger partial charge in [0.2, 0.25) is 0 Å². The van der Waals surface area contributed by atoms with Crippen molar-refractivity contribution in [1.29, 1.82) is 0 Å². The Kier molecular flexibility index (Phi) is 3.04. The van der Waals surface area contributed by atoms with Crippen LogP contribution in [0.15, 0.2) is 41.5 Å². The largest absolute Gasteiger partial charge is 0.347 e. The van der Waals surface area contributed by atoms with E-state index in [2.05, 4.69) is 24.2 Å². The topological polar surface area (TPSA) is 24.4 Å². The van der Waals surface area contributed by atoms with Gasteiger partial charge in [0, 0.05) is 11.8 Å². The van der Waals surface area contributed by atoms with Crippen molar-refractivity contribution in [3.05, 3.63) is 47.9 Å². The zero-order chi connectivity index (χ0) is 11.5. The Morgan fingerprint density at radius 3 is 2.56 bits per heavy atom. The van der Waals surface area contributed by atoms with E-state index in [1.807, 2.05) is 12.3 Å². The SMILES string of the molecule is CC(C)C1C=CNC(c2ccc(F)cc2)=N1. The minimum Gasteiger partial charge on any atom is -0.347 e. The van der Waals surface area contributed by atoms with E-state index in [4.69, 9.17) is 0 Å². The number of rotatable bonds is 2. The van der Waals surface area contributed by atoms with Crippen molar-refractivity contribution in [2.24, 2.45) is 10.9 Å². The summed E-state index contributed by atoms with van der Waals surface area (Å²) < 4.78 is 12.8. The highest BCUT2D eigenvalue weighted by atomic mass is 19.1. The molecule has 0 spiro atoms. The maximum atomic E-state index is 12.8. The molecule has 0 saturated carbocycles. The van der Waals surface area contributed by atoms with E-state index in [-0.39, 0.29) is 11.9 Å². The van der Waals surface area contributed by atoms with Crippen molar-refractivity contribution >= 4 is 5.84 Å². The zero-order valence-electron chi connectivity index (χ0n) is 9.44. The van der Waals surface area contributed by atoms with E-state index in [0.29, 0.717) is 5.92 Å². The summed E-state index contributed by atoms with van der Waals surface area (Å²) in [5.41, 5.74) is 0.913. The molecule has 0 aliphatic carbocycles. The first-order valence-electron chi connectivity index (χ1n) is 5.44. The molecule has 0 bridgehead atoms. The fourth-order valence-corrected chi connectivity index (χ4v) is 1.59. The number of aliphatic imine (C=N–C) groups is 1. The van der Waals surface area contributed by atoms with Crippen LogP contribution in [0.25, 0.3) is 0 Å². The Balaban J connectivity index is 2.24. The molecule has 1 aliphatic heterocycles. The normalized spacial score (nSPS) is 19.5. The predicted molar refractivity (Wildman–Crippen MR) is 63.8 cm³/mol. The van der Waals surface area contributed by atoms with Crippen LogP contribution >= 0.6 is 0 Å². The second-order valence-corrected chi connectivity index (χ2v) is 4.22. The number of halogens is 1. The van der Waals surface area contributed by atoms with Crippen LogP contribution in [0.4, 0.5) is 4.39 Å². The molecule has 1 atom stereocenters. The van der Waals surface area contributed by atoms with Crippen LogP contribution in [0.5, 0.6) is 0 Å². The lowest BCUT2D eigenvalue weighted by Crippen LogP contribution is -2.27. The van der Waals surface area contributed by atoms with Gasteiger partial charge in [0.15, 0.2) is 0 Å². The highest BCUT2D eigenvalue weighted by molar-refractivity contribution is 6.00. The Hall–Kier alpha value is -1.64. The first-order valence-corrected chi connectivity index (χ1v) is 5.44. The molecule has 0 aromatic heterocycles. The van der Waals surface area contributed by atoms with Crippen LogP contribution in [-0.4, -0.2) is 11.9 Å². The molecule has 0 amide bonds. The van der Waals surface area contributed by atoms with Crippen molar-refractivity contribution in [2.45, 2.75) is 19.9 Å². The third kappa shape index (κ3) is 2.30. The number of nitrogens with zero attached hydrogens (tertiary/aromatic N) is 1. The number of nitrogens with one attached hydrogen (secondary N) is 1. The standard InChI is InChI=1S/C13H15FN2/c1-9(2)12-7-8-15-13(16-12)10-3-5-11(14)6-4-10/h3-9,12H,1-2H3,(H,15,16). The van der Waals surface area contributed by atoms with Crippen molar-refractivity contribution in [3.63, 3.8) is 0 Å². The second-order valence-electron chi connectivity index (χ2n) is 4.22. The van der Waals surface area contributed by atoms with E-state index < -0.39 is 0 Å². The summed E-state index contributed by atoms with van der Waals surface area (Å²) in [7, 11) is 0. The van der Waals surface area contributed by atoms with Gasteiger partial charge in [-0.15, -0.1) is 0 Å². The van der Waals surface area contributed by atoms with Gasteiger partial charge >= 0.3 is 0 Å². The molecule has 1 N–H and O–H groups in total. The average molecular weight is 218 g/mol. The van der Waals surface area contributed by atoms with E-state index in [0.717, 1.165) is 11.4 Å². The predicted octanol–water partition coefficient (Wildman–Crippen LogP) is 2.71. The van der Waals surface area contributed by atoms with Crippen LogP contribution in [0, 0.1) is 11.7 Å². The molecule has 1 unspecified atom stereocenters. The van der Waals surface area contributed by atoms with E-state index in [9.17, 15) is 4.39 Å². The van der Waals surface area contributed by atoms with E-state index in [1.54, 1.807) is 12.1 Å². The van der Waals surface area contributed by atoms with Crippen LogP contribution in [0.2, 0.25) is 0 Å². The van der Waals surface area contributed by atoms with Gasteiger partial charge in [-0.2, -0.15) is 0 Å². The van der Waals surface area contributed by atoms with Crippen molar-refractivity contribution < 1.29 is 4.39 Å². The molecule has 1 aromatic carbocycles. The summed E-state index contributed by atoms with van der Waals surface area (Å²) in [5, 5.41) is 3.09. The van der Waals surface area contributed by atoms with Gasteiger partial charge in [-0.3, -0.25) is 4.99 Å². The monoisotopic (exact) mass is 218 g/mol. The summed E-state index contributed by atoms with van der Waals surface area (Å²) in [5.74, 6) is 1.05. The van der Waals surface area contributed by atoms with Gasteiger partial charge in [0.1, 0.15) is 11.7 Å². The van der Waals surface area contributed by atoms with Crippen LogP contribution in [-0.2, 0) is 0 Å².